The first kappa shape index (κ1) is 32.0. The maximum Gasteiger partial charge on any atom is 0.186 e. The summed E-state index contributed by atoms with van der Waals surface area (Å²) in [6.45, 7) is 11.7. The standard InChI is InChI=1S/C40H41O4P/c1-28-21-33(40(3,4)5)22-29(2)37(28)39(41)45-38-35(43-26-31-17-11-7-12-18-31)23-34(42-25-30-15-9-6-10-16-30)24-36(38)44-27-32-19-13-8-14-20-32/h6-24,45H,25-27H2,1-5H3. The van der Waals surface area contributed by atoms with E-state index in [0.717, 1.165) is 38.7 Å². The molecule has 5 aromatic carbocycles. The molecular formula is C40H41O4P. The molecule has 0 aromatic heterocycles. The van der Waals surface area contributed by atoms with E-state index in [-0.39, 0.29) is 19.5 Å². The van der Waals surface area contributed by atoms with Crippen molar-refractivity contribution in [2.24, 2.45) is 0 Å². The molecule has 4 nitrogen and oxygen atoms in total. The average Bonchev–Trinajstić information content (AvgIpc) is 3.03. The van der Waals surface area contributed by atoms with Crippen LogP contribution in [-0.4, -0.2) is 5.52 Å². The second kappa shape index (κ2) is 14.6. The van der Waals surface area contributed by atoms with Gasteiger partial charge in [-0.15, -0.1) is 0 Å². The van der Waals surface area contributed by atoms with E-state index in [9.17, 15) is 4.79 Å². The van der Waals surface area contributed by atoms with Gasteiger partial charge in [0.15, 0.2) is 5.52 Å². The van der Waals surface area contributed by atoms with Crippen LogP contribution in [0.25, 0.3) is 0 Å². The lowest BCUT2D eigenvalue weighted by molar-refractivity contribution is 0.108. The van der Waals surface area contributed by atoms with E-state index in [2.05, 4.69) is 32.9 Å². The average molecular weight is 617 g/mol. The predicted octanol–water partition coefficient (Wildman–Crippen LogP) is 9.48. The molecule has 0 radical (unpaired) electrons. The van der Waals surface area contributed by atoms with Crippen LogP contribution < -0.4 is 19.5 Å². The van der Waals surface area contributed by atoms with Gasteiger partial charge in [-0.3, -0.25) is 4.79 Å². The monoisotopic (exact) mass is 616 g/mol. The Kier molecular flexibility index (Phi) is 10.4. The number of hydrogen-bond acceptors (Lipinski definition) is 4. The van der Waals surface area contributed by atoms with E-state index < -0.39 is 0 Å². The van der Waals surface area contributed by atoms with E-state index >= 15 is 0 Å². The zero-order chi connectivity index (χ0) is 31.8. The second-order valence-corrected chi connectivity index (χ2v) is 13.5. The van der Waals surface area contributed by atoms with Crippen LogP contribution in [-0.2, 0) is 25.2 Å². The summed E-state index contributed by atoms with van der Waals surface area (Å²) in [5.74, 6) is 1.79. The van der Waals surface area contributed by atoms with Crippen LogP contribution in [0.1, 0.15) is 64.5 Å². The first-order valence-electron chi connectivity index (χ1n) is 15.3. The molecule has 0 saturated heterocycles. The number of ether oxygens (including phenoxy) is 3. The fraction of sp³-hybridized carbons (Fsp3) is 0.225. The van der Waals surface area contributed by atoms with Gasteiger partial charge < -0.3 is 14.2 Å². The molecule has 0 aliphatic heterocycles. The zero-order valence-corrected chi connectivity index (χ0v) is 27.7. The highest BCUT2D eigenvalue weighted by Crippen LogP contribution is 2.37. The van der Waals surface area contributed by atoms with Gasteiger partial charge in [-0.2, -0.15) is 0 Å². The first-order valence-corrected chi connectivity index (χ1v) is 16.3. The number of hydrogen-bond donors (Lipinski definition) is 0. The molecule has 1 unspecified atom stereocenters. The van der Waals surface area contributed by atoms with Crippen molar-refractivity contribution < 1.29 is 19.0 Å². The Morgan fingerprint density at radius 3 is 1.40 bits per heavy atom. The van der Waals surface area contributed by atoms with Crippen molar-refractivity contribution in [3.63, 3.8) is 0 Å². The number of carbonyl (C=O) groups is 1. The van der Waals surface area contributed by atoms with Crippen LogP contribution >= 0.6 is 8.58 Å². The Hall–Kier alpha value is -4.40. The molecule has 1 atom stereocenters. The minimum Gasteiger partial charge on any atom is -0.489 e. The van der Waals surface area contributed by atoms with Gasteiger partial charge in [0, 0.05) is 17.7 Å². The van der Waals surface area contributed by atoms with Crippen molar-refractivity contribution in [1.29, 1.82) is 0 Å². The molecule has 0 aliphatic carbocycles. The van der Waals surface area contributed by atoms with Gasteiger partial charge >= 0.3 is 0 Å². The SMILES string of the molecule is Cc1cc(C(C)(C)C)cc(C)c1C(=O)Pc1c(OCc2ccccc2)cc(OCc2ccccc2)cc1OCc1ccccc1. The molecular weight excluding hydrogens is 575 g/mol. The summed E-state index contributed by atoms with van der Waals surface area (Å²) in [6.07, 6.45) is 0. The first-order chi connectivity index (χ1) is 21.7. The lowest BCUT2D eigenvalue weighted by atomic mass is 9.84. The molecule has 0 spiro atoms. The lowest BCUT2D eigenvalue weighted by Crippen LogP contribution is -2.15. The normalized spacial score (nSPS) is 11.5. The molecule has 5 heteroatoms. The predicted molar refractivity (Wildman–Crippen MR) is 186 cm³/mol. The number of benzene rings is 5. The van der Waals surface area contributed by atoms with Crippen LogP contribution in [0, 0.1) is 13.8 Å². The number of rotatable bonds is 12. The fourth-order valence-electron chi connectivity index (χ4n) is 5.14. The smallest absolute Gasteiger partial charge is 0.186 e. The molecule has 0 heterocycles. The second-order valence-electron chi connectivity index (χ2n) is 12.3. The van der Waals surface area contributed by atoms with Crippen molar-refractivity contribution in [1.82, 2.24) is 0 Å². The third-order valence-electron chi connectivity index (χ3n) is 7.63. The highest BCUT2D eigenvalue weighted by molar-refractivity contribution is 7.66. The third kappa shape index (κ3) is 8.62. The summed E-state index contributed by atoms with van der Waals surface area (Å²) in [5.41, 5.74) is 7.11. The molecule has 0 aliphatic rings. The molecule has 5 aromatic rings. The Bertz CT molecular complexity index is 1640. The highest BCUT2D eigenvalue weighted by Gasteiger charge is 2.23. The summed E-state index contributed by atoms with van der Waals surface area (Å²) >= 11 is 0. The van der Waals surface area contributed by atoms with Gasteiger partial charge in [-0.05, 0) is 61.2 Å². The van der Waals surface area contributed by atoms with Gasteiger partial charge in [0.25, 0.3) is 0 Å². The molecule has 0 amide bonds. The third-order valence-corrected chi connectivity index (χ3v) is 8.85. The Balaban J connectivity index is 1.53. The van der Waals surface area contributed by atoms with Crippen LogP contribution in [0.2, 0.25) is 0 Å². The van der Waals surface area contributed by atoms with Crippen LogP contribution in [0.5, 0.6) is 17.2 Å². The Morgan fingerprint density at radius 2 is 1.00 bits per heavy atom. The zero-order valence-electron chi connectivity index (χ0n) is 26.7. The molecule has 0 saturated carbocycles. The topological polar surface area (TPSA) is 44.8 Å². The van der Waals surface area contributed by atoms with Crippen molar-refractivity contribution in [2.75, 3.05) is 0 Å². The molecule has 0 fully saturated rings. The number of carbonyl (C=O) groups excluding carboxylic acids is 1. The maximum atomic E-state index is 14.1. The molecule has 230 valence electrons. The van der Waals surface area contributed by atoms with Gasteiger partial charge in [0.2, 0.25) is 0 Å². The van der Waals surface area contributed by atoms with Crippen molar-refractivity contribution in [2.45, 2.75) is 59.9 Å². The Labute approximate surface area is 269 Å². The Morgan fingerprint density at radius 1 is 0.600 bits per heavy atom. The molecule has 5 rings (SSSR count). The fourth-order valence-corrected chi connectivity index (χ4v) is 6.42. The quantitative estimate of drug-likeness (QED) is 0.131. The maximum absolute atomic E-state index is 14.1. The minimum atomic E-state index is -0.209. The van der Waals surface area contributed by atoms with Gasteiger partial charge in [-0.25, -0.2) is 0 Å². The highest BCUT2D eigenvalue weighted by atomic mass is 31.1. The summed E-state index contributed by atoms with van der Waals surface area (Å²) in [5, 5.41) is 0.734. The van der Waals surface area contributed by atoms with Crippen LogP contribution in [0.3, 0.4) is 0 Å². The van der Waals surface area contributed by atoms with E-state index in [1.54, 1.807) is 0 Å². The molecule has 0 N–H and O–H groups in total. The van der Waals surface area contributed by atoms with Crippen LogP contribution in [0.15, 0.2) is 115 Å². The van der Waals surface area contributed by atoms with E-state index in [0.29, 0.717) is 37.1 Å². The van der Waals surface area contributed by atoms with Gasteiger partial charge in [0.1, 0.15) is 37.1 Å². The summed E-state index contributed by atoms with van der Waals surface area (Å²) in [6, 6.07) is 38.1. The lowest BCUT2D eigenvalue weighted by Gasteiger charge is -2.22. The summed E-state index contributed by atoms with van der Waals surface area (Å²) < 4.78 is 19.2. The van der Waals surface area contributed by atoms with E-state index in [1.165, 1.54) is 5.56 Å². The minimum absolute atomic E-state index is 0.00808. The largest absolute Gasteiger partial charge is 0.489 e. The van der Waals surface area contributed by atoms with Gasteiger partial charge in [0.05, 0.1) is 5.30 Å². The number of aryl methyl sites for hydroxylation is 2. The van der Waals surface area contributed by atoms with Crippen molar-refractivity contribution in [3.8, 4) is 17.2 Å². The van der Waals surface area contributed by atoms with E-state index in [4.69, 9.17) is 14.2 Å². The van der Waals surface area contributed by atoms with Crippen LogP contribution in [0.4, 0.5) is 0 Å². The summed E-state index contributed by atoms with van der Waals surface area (Å²) in [7, 11) is -0.209. The van der Waals surface area contributed by atoms with E-state index in [1.807, 2.05) is 117 Å². The van der Waals surface area contributed by atoms with Crippen molar-refractivity contribution in [3.05, 3.63) is 154 Å². The van der Waals surface area contributed by atoms with Gasteiger partial charge in [-0.1, -0.05) is 124 Å². The van der Waals surface area contributed by atoms with Crippen molar-refractivity contribution >= 4 is 19.4 Å². The summed E-state index contributed by atoms with van der Waals surface area (Å²) in [4.78, 5) is 14.1. The molecule has 0 bridgehead atoms. The molecule has 45 heavy (non-hydrogen) atoms.